The molecule has 5 rings (SSSR count). The second kappa shape index (κ2) is 13.1. The zero-order valence-corrected chi connectivity index (χ0v) is 23.4. The van der Waals surface area contributed by atoms with Crippen LogP contribution in [-0.4, -0.2) is 38.3 Å². The lowest BCUT2D eigenvalue weighted by atomic mass is 9.88. The summed E-state index contributed by atoms with van der Waals surface area (Å²) < 4.78 is 8.69. The van der Waals surface area contributed by atoms with E-state index >= 15 is 0 Å². The summed E-state index contributed by atoms with van der Waals surface area (Å²) in [6.45, 7) is 2.37. The van der Waals surface area contributed by atoms with Gasteiger partial charge in [-0.3, -0.25) is 4.79 Å². The third-order valence-corrected chi connectivity index (χ3v) is 8.22. The fraction of sp³-hybridized carbons (Fsp3) is 0.312. The predicted octanol–water partition coefficient (Wildman–Crippen LogP) is 5.69. The van der Waals surface area contributed by atoms with Gasteiger partial charge in [0.1, 0.15) is 6.10 Å². The summed E-state index contributed by atoms with van der Waals surface area (Å²) >= 11 is 1.56. The summed E-state index contributed by atoms with van der Waals surface area (Å²) in [6.07, 6.45) is 8.49. The number of hydrogen-bond donors (Lipinski definition) is 3. The number of rotatable bonds is 11. The summed E-state index contributed by atoms with van der Waals surface area (Å²) in [5.41, 5.74) is 4.95. The second-order valence-electron chi connectivity index (χ2n) is 10.2. The molecule has 0 bridgehead atoms. The lowest BCUT2D eigenvalue weighted by molar-refractivity contribution is 0.0921. The van der Waals surface area contributed by atoms with E-state index in [0.717, 1.165) is 41.7 Å². The van der Waals surface area contributed by atoms with E-state index in [9.17, 15) is 15.0 Å². The van der Waals surface area contributed by atoms with Gasteiger partial charge in [0.25, 0.3) is 5.91 Å². The van der Waals surface area contributed by atoms with Gasteiger partial charge >= 0.3 is 0 Å². The number of fused-ring (bicyclic) bond motifs is 1. The fourth-order valence-corrected chi connectivity index (χ4v) is 6.21. The number of amides is 1. The topological polar surface area (TPSA) is 96.6 Å². The zero-order chi connectivity index (χ0) is 27.9. The third kappa shape index (κ3) is 6.69. The number of aliphatic hydroxyl groups excluding tert-OH is 1. The molecule has 1 aliphatic carbocycles. The van der Waals surface area contributed by atoms with Crippen molar-refractivity contribution in [2.45, 2.75) is 62.0 Å². The summed E-state index contributed by atoms with van der Waals surface area (Å²) in [6, 6.07) is 19.4. The lowest BCUT2D eigenvalue weighted by Gasteiger charge is -2.27. The molecule has 7 nitrogen and oxygen atoms in total. The summed E-state index contributed by atoms with van der Waals surface area (Å²) in [4.78, 5) is 17.9. The molecule has 1 aliphatic rings. The van der Waals surface area contributed by atoms with Crippen molar-refractivity contribution in [3.05, 3.63) is 107 Å². The van der Waals surface area contributed by atoms with Gasteiger partial charge in [0.05, 0.1) is 24.5 Å². The number of aryl methyl sites for hydroxylation is 1. The highest BCUT2D eigenvalue weighted by molar-refractivity contribution is 7.98. The van der Waals surface area contributed by atoms with Crippen molar-refractivity contribution in [2.75, 3.05) is 6.54 Å². The Bertz CT molecular complexity index is 1420. The van der Waals surface area contributed by atoms with Gasteiger partial charge in [-0.15, -0.1) is 11.8 Å². The molecule has 2 atom stereocenters. The number of carbonyl (C=O) groups excluding carboxylic acids is 1. The molecule has 1 aromatic heterocycles. The molecular weight excluding hydrogens is 522 g/mol. The summed E-state index contributed by atoms with van der Waals surface area (Å²) in [5, 5.41) is 23.7. The molecule has 0 spiro atoms. The number of aromatic hydroxyl groups is 1. The molecule has 3 N–H and O–H groups in total. The molecule has 0 radical (unpaired) electrons. The molecule has 1 heterocycles. The van der Waals surface area contributed by atoms with E-state index in [-0.39, 0.29) is 24.3 Å². The maximum absolute atomic E-state index is 12.9. The number of phenols is 1. The van der Waals surface area contributed by atoms with Crippen LogP contribution in [0.1, 0.15) is 58.5 Å². The van der Waals surface area contributed by atoms with Gasteiger partial charge in [0.2, 0.25) is 0 Å². The first-order chi connectivity index (χ1) is 19.5. The average molecular weight is 558 g/mol. The molecule has 3 aromatic carbocycles. The number of nitrogens with one attached hydrogen (secondary N) is 1. The van der Waals surface area contributed by atoms with E-state index in [1.807, 2.05) is 65.4 Å². The highest BCUT2D eigenvalue weighted by Crippen LogP contribution is 2.43. The van der Waals surface area contributed by atoms with E-state index in [1.165, 1.54) is 11.1 Å². The number of phenolic OH excluding ortho intramolecular Hbond substituents is 1. The Balaban J connectivity index is 1.48. The number of aromatic nitrogens is 2. The van der Waals surface area contributed by atoms with Crippen LogP contribution >= 0.6 is 11.8 Å². The standard InChI is InChI=1S/C32H35N3O4S/c1-22(36)18-34-32(38)26-13-7-8-14-30(26)40-20-27-25-12-6-5-11-24(25)17-28(37)31(27)39-29(19-35-16-15-33-21-35)23-9-3-2-4-10-23/h2-4,7-10,13-17,21-22,29,36-37H,5-6,11-12,18-20H2,1H3,(H,34,38)/t22-,29+/m0/s1. The number of imidazole rings is 1. The van der Waals surface area contributed by atoms with Crippen LogP contribution in [0.25, 0.3) is 0 Å². The third-order valence-electron chi connectivity index (χ3n) is 7.12. The largest absolute Gasteiger partial charge is 0.504 e. The molecule has 0 fully saturated rings. The van der Waals surface area contributed by atoms with Crippen molar-refractivity contribution < 1.29 is 19.7 Å². The molecule has 0 unspecified atom stereocenters. The number of ether oxygens (including phenoxy) is 1. The van der Waals surface area contributed by atoms with Crippen LogP contribution < -0.4 is 10.1 Å². The zero-order valence-electron chi connectivity index (χ0n) is 22.6. The molecular formula is C32H35N3O4S. The van der Waals surface area contributed by atoms with Gasteiger partial charge in [-0.1, -0.05) is 42.5 Å². The summed E-state index contributed by atoms with van der Waals surface area (Å²) in [7, 11) is 0. The normalized spacial score (nSPS) is 14.2. The van der Waals surface area contributed by atoms with E-state index in [1.54, 1.807) is 37.3 Å². The maximum Gasteiger partial charge on any atom is 0.252 e. The van der Waals surface area contributed by atoms with E-state index < -0.39 is 6.10 Å². The van der Waals surface area contributed by atoms with Crippen molar-refractivity contribution in [3.63, 3.8) is 0 Å². The van der Waals surface area contributed by atoms with Gasteiger partial charge in [0.15, 0.2) is 11.5 Å². The second-order valence-corrected chi connectivity index (χ2v) is 11.2. The van der Waals surface area contributed by atoms with Crippen LogP contribution in [0, 0.1) is 0 Å². The quantitative estimate of drug-likeness (QED) is 0.205. The Morgan fingerprint density at radius 1 is 1.12 bits per heavy atom. The van der Waals surface area contributed by atoms with Crippen molar-refractivity contribution >= 4 is 17.7 Å². The molecule has 0 saturated carbocycles. The van der Waals surface area contributed by atoms with E-state index in [4.69, 9.17) is 4.74 Å². The smallest absolute Gasteiger partial charge is 0.252 e. The lowest BCUT2D eigenvalue weighted by Crippen LogP contribution is -2.30. The van der Waals surface area contributed by atoms with Crippen LogP contribution in [0.2, 0.25) is 0 Å². The Morgan fingerprint density at radius 3 is 2.67 bits per heavy atom. The SMILES string of the molecule is C[C@H](O)CNC(=O)c1ccccc1SCc1c2c(cc(O)c1O[C@H](Cn1ccnc1)c1ccccc1)CCCC2. The van der Waals surface area contributed by atoms with Crippen molar-refractivity contribution in [3.8, 4) is 11.5 Å². The number of hydrogen-bond acceptors (Lipinski definition) is 6. The van der Waals surface area contributed by atoms with Crippen LogP contribution in [0.4, 0.5) is 0 Å². The first-order valence-corrected chi connectivity index (χ1v) is 14.7. The average Bonchev–Trinajstić information content (AvgIpc) is 3.49. The molecule has 8 heteroatoms. The van der Waals surface area contributed by atoms with E-state index in [0.29, 0.717) is 23.6 Å². The Labute approximate surface area is 239 Å². The van der Waals surface area contributed by atoms with Gasteiger partial charge < -0.3 is 24.8 Å². The first kappa shape index (κ1) is 27.8. The van der Waals surface area contributed by atoms with Gasteiger partial charge in [-0.05, 0) is 67.5 Å². The number of thioether (sulfide) groups is 1. The summed E-state index contributed by atoms with van der Waals surface area (Å²) in [5.74, 6) is 0.964. The minimum Gasteiger partial charge on any atom is -0.504 e. The van der Waals surface area contributed by atoms with Crippen LogP contribution in [-0.2, 0) is 25.1 Å². The van der Waals surface area contributed by atoms with Gasteiger partial charge in [0, 0.05) is 35.2 Å². The molecule has 1 amide bonds. The molecule has 0 aliphatic heterocycles. The fourth-order valence-electron chi connectivity index (χ4n) is 5.11. The van der Waals surface area contributed by atoms with Crippen LogP contribution in [0.15, 0.2) is 84.3 Å². The predicted molar refractivity (Wildman–Crippen MR) is 157 cm³/mol. The monoisotopic (exact) mass is 557 g/mol. The van der Waals surface area contributed by atoms with Crippen LogP contribution in [0.3, 0.4) is 0 Å². The van der Waals surface area contributed by atoms with E-state index in [2.05, 4.69) is 10.3 Å². The highest BCUT2D eigenvalue weighted by atomic mass is 32.2. The van der Waals surface area contributed by atoms with Crippen molar-refractivity contribution in [2.24, 2.45) is 0 Å². The highest BCUT2D eigenvalue weighted by Gasteiger charge is 2.25. The van der Waals surface area contributed by atoms with Gasteiger partial charge in [-0.25, -0.2) is 4.98 Å². The Morgan fingerprint density at radius 2 is 1.90 bits per heavy atom. The minimum absolute atomic E-state index is 0.144. The maximum atomic E-state index is 12.9. The van der Waals surface area contributed by atoms with Crippen LogP contribution in [0.5, 0.6) is 11.5 Å². The molecule has 0 saturated heterocycles. The Hall–Kier alpha value is -3.75. The van der Waals surface area contributed by atoms with Gasteiger partial charge in [-0.2, -0.15) is 0 Å². The Kier molecular flexibility index (Phi) is 9.08. The van der Waals surface area contributed by atoms with Crippen molar-refractivity contribution in [1.82, 2.24) is 14.9 Å². The molecule has 208 valence electrons. The number of benzene rings is 3. The number of nitrogens with zero attached hydrogens (tertiary/aromatic N) is 2. The minimum atomic E-state index is -0.623. The van der Waals surface area contributed by atoms with Crippen molar-refractivity contribution in [1.29, 1.82) is 0 Å². The number of aliphatic hydroxyl groups is 1. The molecule has 4 aromatic rings. The number of carbonyl (C=O) groups is 1. The molecule has 40 heavy (non-hydrogen) atoms. The first-order valence-electron chi connectivity index (χ1n) is 13.7.